The Morgan fingerprint density at radius 1 is 1.23 bits per heavy atom. The zero-order chi connectivity index (χ0) is 21.7. The summed E-state index contributed by atoms with van der Waals surface area (Å²) < 4.78 is 15.7. The van der Waals surface area contributed by atoms with E-state index in [1.54, 1.807) is 23.5 Å². The SMILES string of the molecule is CCC1CCc2sc(C(=O)N/N=C/c3cc(OC)c(OC(C)=O)c(OC)c3)cc2C1. The van der Waals surface area contributed by atoms with E-state index in [2.05, 4.69) is 17.5 Å². The van der Waals surface area contributed by atoms with E-state index in [1.165, 1.54) is 50.6 Å². The minimum absolute atomic E-state index is 0.197. The average molecular weight is 431 g/mol. The number of thiophene rings is 1. The molecule has 1 aliphatic rings. The van der Waals surface area contributed by atoms with Crippen molar-refractivity contribution in [3.05, 3.63) is 39.1 Å². The molecule has 1 amide bonds. The number of hydrazone groups is 1. The second kappa shape index (κ2) is 9.75. The van der Waals surface area contributed by atoms with Crippen LogP contribution in [0.3, 0.4) is 0 Å². The average Bonchev–Trinajstić information content (AvgIpc) is 3.17. The Morgan fingerprint density at radius 2 is 1.93 bits per heavy atom. The Labute approximate surface area is 180 Å². The molecule has 30 heavy (non-hydrogen) atoms. The molecule has 8 heteroatoms. The molecule has 0 aliphatic heterocycles. The topological polar surface area (TPSA) is 86.2 Å². The minimum Gasteiger partial charge on any atom is -0.493 e. The van der Waals surface area contributed by atoms with Crippen molar-refractivity contribution >= 4 is 29.4 Å². The lowest BCUT2D eigenvalue weighted by atomic mass is 9.87. The van der Waals surface area contributed by atoms with Crippen LogP contribution in [-0.2, 0) is 17.6 Å². The van der Waals surface area contributed by atoms with E-state index in [-0.39, 0.29) is 11.7 Å². The van der Waals surface area contributed by atoms with Gasteiger partial charge in [0.05, 0.1) is 25.3 Å². The normalized spacial score (nSPS) is 15.5. The van der Waals surface area contributed by atoms with Crippen LogP contribution in [0, 0.1) is 5.92 Å². The van der Waals surface area contributed by atoms with Gasteiger partial charge in [-0.15, -0.1) is 11.3 Å². The molecule has 1 unspecified atom stereocenters. The summed E-state index contributed by atoms with van der Waals surface area (Å²) in [7, 11) is 2.93. The van der Waals surface area contributed by atoms with Crippen molar-refractivity contribution in [3.63, 3.8) is 0 Å². The summed E-state index contributed by atoms with van der Waals surface area (Å²) in [5, 5.41) is 4.06. The molecule has 1 atom stereocenters. The maximum atomic E-state index is 12.5. The fourth-order valence-corrected chi connectivity index (χ4v) is 4.60. The van der Waals surface area contributed by atoms with Crippen LogP contribution in [0.4, 0.5) is 0 Å². The summed E-state index contributed by atoms with van der Waals surface area (Å²) in [5.74, 6) is 0.852. The maximum absolute atomic E-state index is 12.5. The fourth-order valence-electron chi connectivity index (χ4n) is 3.50. The predicted octanol–water partition coefficient (Wildman–Crippen LogP) is 3.97. The molecule has 1 aromatic heterocycles. The number of amides is 1. The van der Waals surface area contributed by atoms with Crippen molar-refractivity contribution in [2.24, 2.45) is 11.0 Å². The second-order valence-corrected chi connectivity index (χ2v) is 8.26. The molecule has 0 saturated carbocycles. The first kappa shape index (κ1) is 21.8. The third kappa shape index (κ3) is 4.99. The van der Waals surface area contributed by atoms with E-state index < -0.39 is 5.97 Å². The van der Waals surface area contributed by atoms with Crippen molar-refractivity contribution in [2.75, 3.05) is 14.2 Å². The standard InChI is InChI=1S/C22H26N2O5S/c1-5-14-6-7-19-16(8-14)11-20(30-19)22(26)24-23-12-15-9-17(27-3)21(29-13(2)25)18(10-15)28-4/h9-12,14H,5-8H2,1-4H3,(H,24,26)/b23-12+. The molecular formula is C22H26N2O5S. The van der Waals surface area contributed by atoms with Gasteiger partial charge in [0.15, 0.2) is 11.5 Å². The zero-order valence-corrected chi connectivity index (χ0v) is 18.4. The Bertz CT molecular complexity index is 941. The number of rotatable bonds is 7. The molecule has 160 valence electrons. The van der Waals surface area contributed by atoms with E-state index in [4.69, 9.17) is 14.2 Å². The molecular weight excluding hydrogens is 404 g/mol. The Hall–Kier alpha value is -2.87. The van der Waals surface area contributed by atoms with Crippen LogP contribution >= 0.6 is 11.3 Å². The molecule has 0 bridgehead atoms. The molecule has 0 spiro atoms. The highest BCUT2D eigenvalue weighted by Gasteiger charge is 2.22. The van der Waals surface area contributed by atoms with Crippen LogP contribution in [0.5, 0.6) is 17.2 Å². The number of esters is 1. The highest BCUT2D eigenvalue weighted by molar-refractivity contribution is 7.14. The summed E-state index contributed by atoms with van der Waals surface area (Å²) in [6.07, 6.45) is 5.94. The van der Waals surface area contributed by atoms with Gasteiger partial charge in [0, 0.05) is 17.4 Å². The van der Waals surface area contributed by atoms with Crippen molar-refractivity contribution in [1.29, 1.82) is 0 Å². The van der Waals surface area contributed by atoms with Crippen LogP contribution in [0.15, 0.2) is 23.3 Å². The summed E-state index contributed by atoms with van der Waals surface area (Å²) in [6, 6.07) is 5.28. The lowest BCUT2D eigenvalue weighted by Gasteiger charge is -2.19. The largest absolute Gasteiger partial charge is 0.493 e. The molecule has 2 aromatic rings. The van der Waals surface area contributed by atoms with Gasteiger partial charge in [-0.3, -0.25) is 9.59 Å². The number of aryl methyl sites for hydroxylation is 1. The first-order valence-corrected chi connectivity index (χ1v) is 10.7. The van der Waals surface area contributed by atoms with Gasteiger partial charge in [0.2, 0.25) is 5.75 Å². The molecule has 1 aromatic carbocycles. The third-order valence-corrected chi connectivity index (χ3v) is 6.33. The monoisotopic (exact) mass is 430 g/mol. The van der Waals surface area contributed by atoms with Gasteiger partial charge < -0.3 is 14.2 Å². The highest BCUT2D eigenvalue weighted by atomic mass is 32.1. The Morgan fingerprint density at radius 3 is 2.53 bits per heavy atom. The molecule has 1 heterocycles. The molecule has 0 radical (unpaired) electrons. The minimum atomic E-state index is -0.482. The summed E-state index contributed by atoms with van der Waals surface area (Å²) in [4.78, 5) is 25.8. The molecule has 0 saturated heterocycles. The van der Waals surface area contributed by atoms with E-state index in [0.29, 0.717) is 27.9 Å². The summed E-state index contributed by atoms with van der Waals surface area (Å²) >= 11 is 1.55. The molecule has 0 fully saturated rings. The first-order valence-electron chi connectivity index (χ1n) is 9.84. The lowest BCUT2D eigenvalue weighted by molar-refractivity contribution is -0.132. The number of hydrogen-bond acceptors (Lipinski definition) is 7. The van der Waals surface area contributed by atoms with Crippen LogP contribution < -0.4 is 19.6 Å². The molecule has 7 nitrogen and oxygen atoms in total. The number of hydrogen-bond donors (Lipinski definition) is 1. The van der Waals surface area contributed by atoms with E-state index in [0.717, 1.165) is 12.8 Å². The van der Waals surface area contributed by atoms with Crippen LogP contribution in [0.2, 0.25) is 0 Å². The number of carbonyl (C=O) groups excluding carboxylic acids is 2. The summed E-state index contributed by atoms with van der Waals surface area (Å²) in [6.45, 7) is 3.52. The number of carbonyl (C=O) groups is 2. The first-order chi connectivity index (χ1) is 14.4. The van der Waals surface area contributed by atoms with Gasteiger partial charge in [-0.25, -0.2) is 5.43 Å². The Kier molecular flexibility index (Phi) is 7.10. The number of ether oxygens (including phenoxy) is 3. The maximum Gasteiger partial charge on any atom is 0.308 e. The van der Waals surface area contributed by atoms with Crippen LogP contribution in [0.25, 0.3) is 0 Å². The third-order valence-electron chi connectivity index (χ3n) is 5.09. The van der Waals surface area contributed by atoms with Crippen molar-refractivity contribution in [3.8, 4) is 17.2 Å². The van der Waals surface area contributed by atoms with E-state index >= 15 is 0 Å². The molecule has 1 aliphatic carbocycles. The van der Waals surface area contributed by atoms with Gasteiger partial charge in [0.25, 0.3) is 5.91 Å². The second-order valence-electron chi connectivity index (χ2n) is 7.12. The van der Waals surface area contributed by atoms with Crippen molar-refractivity contribution in [2.45, 2.75) is 39.5 Å². The van der Waals surface area contributed by atoms with Gasteiger partial charge >= 0.3 is 5.97 Å². The quantitative estimate of drug-likeness (QED) is 0.311. The fraction of sp³-hybridized carbons (Fsp3) is 0.409. The lowest BCUT2D eigenvalue weighted by Crippen LogP contribution is -2.16. The van der Waals surface area contributed by atoms with Gasteiger partial charge in [0.1, 0.15) is 0 Å². The van der Waals surface area contributed by atoms with E-state index in [9.17, 15) is 9.59 Å². The van der Waals surface area contributed by atoms with Crippen molar-refractivity contribution in [1.82, 2.24) is 5.43 Å². The summed E-state index contributed by atoms with van der Waals surface area (Å²) in [5.41, 5.74) is 4.49. The van der Waals surface area contributed by atoms with Gasteiger partial charge in [-0.1, -0.05) is 13.3 Å². The Balaban J connectivity index is 1.71. The number of nitrogens with zero attached hydrogens (tertiary/aromatic N) is 1. The van der Waals surface area contributed by atoms with Crippen LogP contribution in [-0.4, -0.2) is 32.3 Å². The highest BCUT2D eigenvalue weighted by Crippen LogP contribution is 2.38. The van der Waals surface area contributed by atoms with Gasteiger partial charge in [-0.2, -0.15) is 5.10 Å². The molecule has 1 N–H and O–H groups in total. The number of fused-ring (bicyclic) bond motifs is 1. The predicted molar refractivity (Wildman–Crippen MR) is 116 cm³/mol. The smallest absolute Gasteiger partial charge is 0.308 e. The van der Waals surface area contributed by atoms with Gasteiger partial charge in [-0.05, 0) is 48.9 Å². The van der Waals surface area contributed by atoms with Crippen molar-refractivity contribution < 1.29 is 23.8 Å². The molecule has 3 rings (SSSR count). The number of benzene rings is 1. The van der Waals surface area contributed by atoms with E-state index in [1.807, 2.05) is 6.07 Å². The number of nitrogens with one attached hydrogen (secondary N) is 1. The number of methoxy groups -OCH3 is 2. The van der Waals surface area contributed by atoms with Crippen LogP contribution in [0.1, 0.15) is 52.4 Å². The zero-order valence-electron chi connectivity index (χ0n) is 17.6.